The third-order valence-electron chi connectivity index (χ3n) is 2.94. The first-order valence-corrected chi connectivity index (χ1v) is 5.83. The third-order valence-corrected chi connectivity index (χ3v) is 2.94. The monoisotopic (exact) mass is 244 g/mol. The Labute approximate surface area is 106 Å². The first kappa shape index (κ1) is 12.5. The lowest BCUT2D eigenvalue weighted by atomic mass is 9.76. The average Bonchev–Trinajstić information content (AvgIpc) is 2.26. The Morgan fingerprint density at radius 3 is 2.33 bits per heavy atom. The third kappa shape index (κ3) is 2.32. The number of carboxylic acid groups (broad SMARTS) is 1. The molecule has 1 N–H and O–H groups in total. The number of hydrogen-bond acceptors (Lipinski definition) is 3. The first-order chi connectivity index (χ1) is 8.39. The maximum absolute atomic E-state index is 11.4. The van der Waals surface area contributed by atoms with Gasteiger partial charge in [-0.3, -0.25) is 14.8 Å². The smallest absolute Gasteiger partial charge is 0.311 e. The summed E-state index contributed by atoms with van der Waals surface area (Å²) in [5, 5.41) is 9.40. The van der Waals surface area contributed by atoms with Crippen molar-refractivity contribution < 1.29 is 9.90 Å². The molecule has 0 aliphatic rings. The number of aliphatic carboxylic acids is 1. The normalized spacial score (nSPS) is 13.5. The highest BCUT2D eigenvalue weighted by Gasteiger charge is 2.32. The summed E-state index contributed by atoms with van der Waals surface area (Å²) in [6.07, 6.45) is 3.24. The van der Waals surface area contributed by atoms with Crippen LogP contribution >= 0.6 is 0 Å². The average molecular weight is 244 g/mol. The van der Waals surface area contributed by atoms with E-state index in [1.807, 2.05) is 39.0 Å². The van der Waals surface area contributed by atoms with E-state index in [2.05, 4.69) is 9.97 Å². The Bertz CT molecular complexity index is 588. The van der Waals surface area contributed by atoms with Crippen LogP contribution in [-0.4, -0.2) is 21.0 Å². The largest absolute Gasteiger partial charge is 0.481 e. The number of aromatic nitrogens is 2. The van der Waals surface area contributed by atoms with Crippen LogP contribution in [0.1, 0.15) is 32.3 Å². The summed E-state index contributed by atoms with van der Waals surface area (Å²) in [7, 11) is 0. The second-order valence-electron chi connectivity index (χ2n) is 5.44. The molecule has 1 heterocycles. The summed E-state index contributed by atoms with van der Waals surface area (Å²) in [6.45, 7) is 5.77. The standard InChI is InChI=1S/C14H16N2O2/c1-14(2,3)12(13(17)18)9-4-5-10-11(8-9)16-7-6-15-10/h4-8,12H,1-3H3,(H,17,18). The number of carbonyl (C=O) groups is 1. The molecule has 0 spiro atoms. The van der Waals surface area contributed by atoms with Crippen molar-refractivity contribution in [3.8, 4) is 0 Å². The molecule has 0 saturated heterocycles. The number of rotatable bonds is 2. The van der Waals surface area contributed by atoms with Crippen molar-refractivity contribution in [3.05, 3.63) is 36.2 Å². The molecule has 0 aliphatic carbocycles. The molecule has 0 saturated carbocycles. The predicted octanol–water partition coefficient (Wildman–Crippen LogP) is 2.84. The van der Waals surface area contributed by atoms with E-state index in [9.17, 15) is 9.90 Å². The van der Waals surface area contributed by atoms with E-state index < -0.39 is 11.9 Å². The molecule has 1 aromatic carbocycles. The molecule has 0 fully saturated rings. The Hall–Kier alpha value is -1.97. The van der Waals surface area contributed by atoms with Gasteiger partial charge in [0.1, 0.15) is 0 Å². The van der Waals surface area contributed by atoms with E-state index >= 15 is 0 Å². The molecule has 94 valence electrons. The van der Waals surface area contributed by atoms with Crippen LogP contribution in [0.4, 0.5) is 0 Å². The fraction of sp³-hybridized carbons (Fsp3) is 0.357. The Kier molecular flexibility index (Phi) is 3.03. The van der Waals surface area contributed by atoms with Gasteiger partial charge in [-0.15, -0.1) is 0 Å². The topological polar surface area (TPSA) is 63.1 Å². The molecule has 0 amide bonds. The molecule has 4 heteroatoms. The second-order valence-corrected chi connectivity index (χ2v) is 5.44. The molecule has 0 radical (unpaired) electrons. The molecule has 0 bridgehead atoms. The zero-order chi connectivity index (χ0) is 13.3. The fourth-order valence-corrected chi connectivity index (χ4v) is 2.17. The molecule has 2 aromatic rings. The van der Waals surface area contributed by atoms with Crippen LogP contribution in [-0.2, 0) is 4.79 Å². The molecular weight excluding hydrogens is 228 g/mol. The van der Waals surface area contributed by atoms with Gasteiger partial charge in [0.25, 0.3) is 0 Å². The lowest BCUT2D eigenvalue weighted by molar-refractivity contribution is -0.141. The van der Waals surface area contributed by atoms with Gasteiger partial charge in [-0.05, 0) is 23.1 Å². The van der Waals surface area contributed by atoms with Crippen LogP contribution in [0.2, 0.25) is 0 Å². The van der Waals surface area contributed by atoms with Crippen LogP contribution in [0, 0.1) is 5.41 Å². The van der Waals surface area contributed by atoms with Crippen molar-refractivity contribution in [2.45, 2.75) is 26.7 Å². The van der Waals surface area contributed by atoms with Crippen LogP contribution in [0.5, 0.6) is 0 Å². The number of hydrogen-bond donors (Lipinski definition) is 1. The summed E-state index contributed by atoms with van der Waals surface area (Å²) in [4.78, 5) is 19.8. The van der Waals surface area contributed by atoms with Crippen molar-refractivity contribution in [2.24, 2.45) is 5.41 Å². The van der Waals surface area contributed by atoms with Crippen LogP contribution in [0.3, 0.4) is 0 Å². The zero-order valence-electron chi connectivity index (χ0n) is 10.7. The van der Waals surface area contributed by atoms with Gasteiger partial charge in [-0.1, -0.05) is 26.8 Å². The molecule has 1 atom stereocenters. The van der Waals surface area contributed by atoms with Gasteiger partial charge in [0.2, 0.25) is 0 Å². The van der Waals surface area contributed by atoms with E-state index in [-0.39, 0.29) is 5.41 Å². The highest BCUT2D eigenvalue weighted by atomic mass is 16.4. The van der Waals surface area contributed by atoms with E-state index in [4.69, 9.17) is 0 Å². The van der Waals surface area contributed by atoms with Crippen molar-refractivity contribution in [1.82, 2.24) is 9.97 Å². The fourth-order valence-electron chi connectivity index (χ4n) is 2.17. The van der Waals surface area contributed by atoms with Gasteiger partial charge in [0.05, 0.1) is 17.0 Å². The predicted molar refractivity (Wildman–Crippen MR) is 69.4 cm³/mol. The number of benzene rings is 1. The van der Waals surface area contributed by atoms with Crippen molar-refractivity contribution in [1.29, 1.82) is 0 Å². The maximum Gasteiger partial charge on any atom is 0.311 e. The lowest BCUT2D eigenvalue weighted by Crippen LogP contribution is -2.26. The van der Waals surface area contributed by atoms with Crippen LogP contribution in [0.15, 0.2) is 30.6 Å². The first-order valence-electron chi connectivity index (χ1n) is 5.83. The van der Waals surface area contributed by atoms with Gasteiger partial charge < -0.3 is 5.11 Å². The second kappa shape index (κ2) is 4.37. The molecule has 1 unspecified atom stereocenters. The van der Waals surface area contributed by atoms with E-state index in [0.29, 0.717) is 0 Å². The Balaban J connectivity index is 2.55. The highest BCUT2D eigenvalue weighted by Crippen LogP contribution is 2.35. The summed E-state index contributed by atoms with van der Waals surface area (Å²) >= 11 is 0. The number of carboxylic acids is 1. The minimum atomic E-state index is -0.814. The van der Waals surface area contributed by atoms with Crippen molar-refractivity contribution in [3.63, 3.8) is 0 Å². The molecule has 1 aromatic heterocycles. The number of fused-ring (bicyclic) bond motifs is 1. The van der Waals surface area contributed by atoms with Crippen molar-refractivity contribution >= 4 is 17.0 Å². The molecular formula is C14H16N2O2. The van der Waals surface area contributed by atoms with Gasteiger partial charge in [0, 0.05) is 12.4 Å². The summed E-state index contributed by atoms with van der Waals surface area (Å²) in [5.41, 5.74) is 1.93. The Morgan fingerprint density at radius 2 is 1.78 bits per heavy atom. The minimum Gasteiger partial charge on any atom is -0.481 e. The van der Waals surface area contributed by atoms with E-state index in [1.165, 1.54) is 0 Å². The number of nitrogens with zero attached hydrogens (tertiary/aromatic N) is 2. The molecule has 4 nitrogen and oxygen atoms in total. The minimum absolute atomic E-state index is 0.346. The van der Waals surface area contributed by atoms with Gasteiger partial charge in [0.15, 0.2) is 0 Å². The van der Waals surface area contributed by atoms with Gasteiger partial charge in [-0.25, -0.2) is 0 Å². The maximum atomic E-state index is 11.4. The van der Waals surface area contributed by atoms with Gasteiger partial charge >= 0.3 is 5.97 Å². The molecule has 18 heavy (non-hydrogen) atoms. The quantitative estimate of drug-likeness (QED) is 0.882. The van der Waals surface area contributed by atoms with Crippen LogP contribution < -0.4 is 0 Å². The summed E-state index contributed by atoms with van der Waals surface area (Å²) in [6, 6.07) is 5.45. The molecule has 0 aliphatic heterocycles. The van der Waals surface area contributed by atoms with Crippen LogP contribution in [0.25, 0.3) is 11.0 Å². The SMILES string of the molecule is CC(C)(C)C(C(=O)O)c1ccc2nccnc2c1. The summed E-state index contributed by atoms with van der Waals surface area (Å²) < 4.78 is 0. The van der Waals surface area contributed by atoms with Gasteiger partial charge in [-0.2, -0.15) is 0 Å². The zero-order valence-corrected chi connectivity index (χ0v) is 10.7. The Morgan fingerprint density at radius 1 is 1.17 bits per heavy atom. The molecule has 2 rings (SSSR count). The lowest BCUT2D eigenvalue weighted by Gasteiger charge is -2.27. The van der Waals surface area contributed by atoms with E-state index in [0.717, 1.165) is 16.6 Å². The summed E-state index contributed by atoms with van der Waals surface area (Å²) in [5.74, 6) is -1.37. The van der Waals surface area contributed by atoms with Crippen molar-refractivity contribution in [2.75, 3.05) is 0 Å². The highest BCUT2D eigenvalue weighted by molar-refractivity contribution is 5.81. The van der Waals surface area contributed by atoms with E-state index in [1.54, 1.807) is 12.4 Å².